The third-order valence-electron chi connectivity index (χ3n) is 7.05. The summed E-state index contributed by atoms with van der Waals surface area (Å²) in [5.74, 6) is 1.17. The van der Waals surface area contributed by atoms with Gasteiger partial charge < -0.3 is 4.90 Å². The maximum absolute atomic E-state index is 4.92. The Morgan fingerprint density at radius 2 is 1.86 bits per heavy atom. The van der Waals surface area contributed by atoms with E-state index in [1.165, 1.54) is 52.2 Å². The molecule has 0 saturated heterocycles. The van der Waals surface area contributed by atoms with Crippen LogP contribution in [0.1, 0.15) is 38.4 Å². The fourth-order valence-electron chi connectivity index (χ4n) is 5.19. The summed E-state index contributed by atoms with van der Waals surface area (Å²) in [5.41, 5.74) is 7.23. The maximum atomic E-state index is 4.92. The van der Waals surface area contributed by atoms with Gasteiger partial charge in [0.25, 0.3) is 5.82 Å². The van der Waals surface area contributed by atoms with Crippen LogP contribution in [0.25, 0.3) is 43.6 Å². The van der Waals surface area contributed by atoms with Crippen molar-refractivity contribution in [3.05, 3.63) is 96.6 Å². The second-order valence-corrected chi connectivity index (χ2v) is 10.4. The number of allylic oxidation sites excluding steroid dienone is 2. The molecule has 0 amide bonds. The third kappa shape index (κ3) is 4.14. The van der Waals surface area contributed by atoms with Crippen LogP contribution in [0.5, 0.6) is 0 Å². The minimum Gasteiger partial charge on any atom is -0.354 e. The molecule has 0 spiro atoms. The molecule has 0 bridgehead atoms. The highest BCUT2D eigenvalue weighted by molar-refractivity contribution is 7.21. The topological polar surface area (TPSA) is 24.9 Å². The lowest BCUT2D eigenvalue weighted by atomic mass is 10.0. The van der Waals surface area contributed by atoms with Gasteiger partial charge in [-0.25, -0.2) is 9.55 Å². The van der Waals surface area contributed by atoms with Gasteiger partial charge in [-0.05, 0) is 75.1 Å². The lowest BCUT2D eigenvalue weighted by Crippen LogP contribution is -2.35. The van der Waals surface area contributed by atoms with Crippen LogP contribution < -0.4 is 4.57 Å². The molecule has 0 aliphatic heterocycles. The molecule has 0 radical (unpaired) electrons. The molecule has 1 aliphatic carbocycles. The second-order valence-electron chi connectivity index (χ2n) is 9.33. The predicted octanol–water partition coefficient (Wildman–Crippen LogP) is 7.58. The fourth-order valence-corrected chi connectivity index (χ4v) is 6.15. The van der Waals surface area contributed by atoms with Crippen molar-refractivity contribution in [1.29, 1.82) is 0 Å². The normalized spacial score (nSPS) is 14.1. The number of fused-ring (bicyclic) bond motifs is 2. The average molecular weight is 492 g/mol. The number of aryl methyl sites for hydroxylation is 1. The number of imidazole rings is 1. The third-order valence-corrected chi connectivity index (χ3v) is 8.14. The van der Waals surface area contributed by atoms with Gasteiger partial charge in [0.1, 0.15) is 10.7 Å². The van der Waals surface area contributed by atoms with E-state index in [-0.39, 0.29) is 0 Å². The van der Waals surface area contributed by atoms with Crippen molar-refractivity contribution < 1.29 is 4.57 Å². The van der Waals surface area contributed by atoms with Gasteiger partial charge in [-0.1, -0.05) is 36.4 Å². The van der Waals surface area contributed by atoms with Crippen molar-refractivity contribution in [1.82, 2.24) is 14.5 Å². The molecule has 36 heavy (non-hydrogen) atoms. The number of rotatable bonds is 6. The number of hydrogen-bond donors (Lipinski definition) is 0. The van der Waals surface area contributed by atoms with Crippen molar-refractivity contribution in [3.8, 4) is 16.3 Å². The van der Waals surface area contributed by atoms with Crippen molar-refractivity contribution in [2.24, 2.45) is 0 Å². The second kappa shape index (κ2) is 9.75. The zero-order valence-electron chi connectivity index (χ0n) is 20.9. The van der Waals surface area contributed by atoms with Gasteiger partial charge in [-0.3, -0.25) is 0 Å². The minimum absolute atomic E-state index is 0.881. The zero-order chi connectivity index (χ0) is 24.5. The highest BCUT2D eigenvalue weighted by Crippen LogP contribution is 2.32. The van der Waals surface area contributed by atoms with Crippen molar-refractivity contribution in [2.75, 3.05) is 7.05 Å². The molecule has 5 heteroatoms. The molecule has 0 fully saturated rings. The summed E-state index contributed by atoms with van der Waals surface area (Å²) in [4.78, 5) is 7.21. The van der Waals surface area contributed by atoms with Crippen LogP contribution in [0.4, 0.5) is 0 Å². The van der Waals surface area contributed by atoms with Crippen molar-refractivity contribution >= 4 is 38.7 Å². The minimum atomic E-state index is 0.881. The molecule has 0 saturated carbocycles. The fraction of sp³-hybridized carbons (Fsp3) is 0.226. The van der Waals surface area contributed by atoms with Crippen LogP contribution in [-0.4, -0.2) is 21.5 Å². The number of thiazole rings is 1. The van der Waals surface area contributed by atoms with E-state index in [9.17, 15) is 0 Å². The predicted molar refractivity (Wildman–Crippen MR) is 151 cm³/mol. The Kier molecular flexibility index (Phi) is 6.16. The Labute approximate surface area is 216 Å². The molecule has 3 aromatic carbocycles. The van der Waals surface area contributed by atoms with Crippen molar-refractivity contribution in [2.45, 2.75) is 39.2 Å². The Bertz CT molecular complexity index is 1560. The Hall–Kier alpha value is -3.70. The Morgan fingerprint density at radius 3 is 2.64 bits per heavy atom. The molecule has 4 nitrogen and oxygen atoms in total. The van der Waals surface area contributed by atoms with E-state index in [2.05, 4.69) is 119 Å². The maximum Gasteiger partial charge on any atom is 0.289 e. The van der Waals surface area contributed by atoms with Gasteiger partial charge in [0, 0.05) is 30.6 Å². The van der Waals surface area contributed by atoms with E-state index in [0.717, 1.165) is 29.1 Å². The first-order valence-corrected chi connectivity index (χ1v) is 13.6. The molecular formula is C31H31N4S+. The summed E-state index contributed by atoms with van der Waals surface area (Å²) in [7, 11) is 2.17. The van der Waals surface area contributed by atoms with Gasteiger partial charge >= 0.3 is 0 Å². The van der Waals surface area contributed by atoms with Gasteiger partial charge in [-0.15, -0.1) is 11.3 Å². The summed E-state index contributed by atoms with van der Waals surface area (Å²) in [5, 5.41) is 1.06. The molecule has 6 rings (SSSR count). The van der Waals surface area contributed by atoms with Crippen LogP contribution in [0, 0.1) is 0 Å². The van der Waals surface area contributed by atoms with Crippen LogP contribution in [0.15, 0.2) is 90.8 Å². The summed E-state index contributed by atoms with van der Waals surface area (Å²) < 4.78 is 6.01. The first-order valence-electron chi connectivity index (χ1n) is 12.8. The molecule has 0 unspecified atom stereocenters. The molecule has 180 valence electrons. The summed E-state index contributed by atoms with van der Waals surface area (Å²) in [6, 6.07) is 25.8. The molecule has 5 aromatic rings. The number of hydrogen-bond acceptors (Lipinski definition) is 3. The van der Waals surface area contributed by atoms with Crippen LogP contribution >= 0.6 is 11.3 Å². The highest BCUT2D eigenvalue weighted by Gasteiger charge is 2.25. The largest absolute Gasteiger partial charge is 0.354 e. The SMILES string of the molecule is CC[n+]1c(/C=C/N(C)C2=CCCCC2)n(-c2ccccc2)c2ccc(-c3nc4ccccc4s3)cc21. The van der Waals surface area contributed by atoms with E-state index in [4.69, 9.17) is 4.98 Å². The average Bonchev–Trinajstić information content (AvgIpc) is 3.51. The molecule has 0 atom stereocenters. The first-order chi connectivity index (χ1) is 17.7. The van der Waals surface area contributed by atoms with E-state index in [1.54, 1.807) is 11.3 Å². The van der Waals surface area contributed by atoms with Crippen LogP contribution in [-0.2, 0) is 6.54 Å². The number of benzene rings is 3. The van der Waals surface area contributed by atoms with Crippen LogP contribution in [0.3, 0.4) is 0 Å². The van der Waals surface area contributed by atoms with Crippen LogP contribution in [0.2, 0.25) is 0 Å². The number of aromatic nitrogens is 3. The smallest absolute Gasteiger partial charge is 0.289 e. The zero-order valence-corrected chi connectivity index (χ0v) is 21.7. The van der Waals surface area contributed by atoms with E-state index >= 15 is 0 Å². The molecule has 2 aromatic heterocycles. The van der Waals surface area contributed by atoms with Gasteiger partial charge in [-0.2, -0.15) is 4.57 Å². The van der Waals surface area contributed by atoms with E-state index in [0.29, 0.717) is 0 Å². The van der Waals surface area contributed by atoms with E-state index in [1.807, 2.05) is 0 Å². The Morgan fingerprint density at radius 1 is 1.03 bits per heavy atom. The summed E-state index contributed by atoms with van der Waals surface area (Å²) in [6.45, 7) is 3.11. The molecular weight excluding hydrogens is 460 g/mol. The Balaban J connectivity index is 1.51. The monoisotopic (exact) mass is 491 g/mol. The van der Waals surface area contributed by atoms with Gasteiger partial charge in [0.2, 0.25) is 0 Å². The quantitative estimate of drug-likeness (QED) is 0.229. The van der Waals surface area contributed by atoms with E-state index < -0.39 is 0 Å². The summed E-state index contributed by atoms with van der Waals surface area (Å²) in [6.07, 6.45) is 11.8. The highest BCUT2D eigenvalue weighted by atomic mass is 32.1. The number of para-hydroxylation sites is 2. The molecule has 0 N–H and O–H groups in total. The lowest BCUT2D eigenvalue weighted by molar-refractivity contribution is -0.670. The lowest BCUT2D eigenvalue weighted by Gasteiger charge is -2.21. The number of nitrogens with zero attached hydrogens (tertiary/aromatic N) is 4. The molecule has 2 heterocycles. The molecule has 1 aliphatic rings. The van der Waals surface area contributed by atoms with Crippen molar-refractivity contribution in [3.63, 3.8) is 0 Å². The van der Waals surface area contributed by atoms with Gasteiger partial charge in [0.05, 0.1) is 16.8 Å². The summed E-state index contributed by atoms with van der Waals surface area (Å²) >= 11 is 1.76. The van der Waals surface area contributed by atoms with Gasteiger partial charge in [0.15, 0.2) is 11.0 Å². The first kappa shape index (κ1) is 22.7. The standard InChI is InChI=1S/C31H31N4S/c1-3-34-28-22-23(31-32-26-16-10-11-17-29(26)36-31)18-19-27(28)35(25-14-8-5-9-15-25)30(34)20-21-33(2)24-12-6-4-7-13-24/h5,8-12,14-22H,3-4,6-7,13H2,1-2H3/q+1.